The third-order valence-corrected chi connectivity index (χ3v) is 5.27. The van der Waals surface area contributed by atoms with Gasteiger partial charge in [-0.3, -0.25) is 4.98 Å². The van der Waals surface area contributed by atoms with E-state index in [0.717, 1.165) is 64.0 Å². The summed E-state index contributed by atoms with van der Waals surface area (Å²) < 4.78 is 14.6. The molecule has 0 unspecified atom stereocenters. The zero-order valence-electron chi connectivity index (χ0n) is 13.5. The van der Waals surface area contributed by atoms with Crippen LogP contribution in [-0.2, 0) is 4.74 Å². The Morgan fingerprint density at radius 1 is 1.12 bits per heavy atom. The number of pyridine rings is 1. The van der Waals surface area contributed by atoms with Gasteiger partial charge in [0.05, 0.1) is 23.5 Å². The number of rotatable bonds is 2. The Labute approximate surface area is 152 Å². The van der Waals surface area contributed by atoms with Crippen molar-refractivity contribution in [1.82, 2.24) is 14.5 Å². The quantitative estimate of drug-likeness (QED) is 0.479. The molecule has 4 aromatic rings. The number of imidazole rings is 1. The molecule has 0 amide bonds. The maximum Gasteiger partial charge on any atom is 0.177 e. The number of aromatic nitrogens is 3. The molecule has 0 N–H and O–H groups in total. The first-order valence-corrected chi connectivity index (χ1v) is 9.18. The third kappa shape index (κ3) is 2.48. The molecule has 1 aliphatic heterocycles. The smallest absolute Gasteiger partial charge is 0.177 e. The first-order chi connectivity index (χ1) is 12.3. The molecule has 1 aromatic carbocycles. The van der Waals surface area contributed by atoms with Crippen LogP contribution >= 0.6 is 15.9 Å². The summed E-state index contributed by atoms with van der Waals surface area (Å²) in [6, 6.07) is 10.4. The van der Waals surface area contributed by atoms with Crippen molar-refractivity contribution >= 4 is 37.9 Å². The lowest BCUT2D eigenvalue weighted by Crippen LogP contribution is -2.20. The summed E-state index contributed by atoms with van der Waals surface area (Å²) in [5.74, 6) is 1.65. The van der Waals surface area contributed by atoms with Crippen LogP contribution in [0.5, 0.6) is 0 Å². The van der Waals surface area contributed by atoms with Crippen LogP contribution < -0.4 is 0 Å². The Bertz CT molecular complexity index is 1050. The molecule has 3 aromatic heterocycles. The molecule has 1 saturated heterocycles. The molecule has 5 rings (SSSR count). The molecule has 1 fully saturated rings. The predicted molar refractivity (Wildman–Crippen MR) is 99.5 cm³/mol. The summed E-state index contributed by atoms with van der Waals surface area (Å²) in [5, 5.41) is 1.10. The van der Waals surface area contributed by atoms with Crippen LogP contribution in [0.4, 0.5) is 0 Å². The van der Waals surface area contributed by atoms with Gasteiger partial charge in [0.2, 0.25) is 0 Å². The fourth-order valence-corrected chi connectivity index (χ4v) is 3.99. The fourth-order valence-electron chi connectivity index (χ4n) is 3.63. The van der Waals surface area contributed by atoms with E-state index < -0.39 is 0 Å². The van der Waals surface area contributed by atoms with E-state index in [1.165, 1.54) is 0 Å². The van der Waals surface area contributed by atoms with Gasteiger partial charge in [-0.05, 0) is 43.2 Å². The second kappa shape index (κ2) is 5.97. The largest absolute Gasteiger partial charge is 0.461 e. The zero-order chi connectivity index (χ0) is 16.8. The Hall–Kier alpha value is -2.18. The minimum absolute atomic E-state index is 0.337. The number of hydrogen-bond acceptors (Lipinski definition) is 4. The van der Waals surface area contributed by atoms with E-state index in [4.69, 9.17) is 14.1 Å². The van der Waals surface area contributed by atoms with Crippen LogP contribution in [0.3, 0.4) is 0 Å². The van der Waals surface area contributed by atoms with E-state index in [1.807, 2.05) is 30.5 Å². The number of nitrogens with zero attached hydrogens (tertiary/aromatic N) is 3. The number of furan rings is 1. The predicted octanol–water partition coefficient (Wildman–Crippen LogP) is 4.96. The lowest BCUT2D eigenvalue weighted by atomic mass is 10.1. The number of fused-ring (bicyclic) bond motifs is 3. The summed E-state index contributed by atoms with van der Waals surface area (Å²) in [7, 11) is 0. The van der Waals surface area contributed by atoms with Gasteiger partial charge in [0.1, 0.15) is 5.52 Å². The molecule has 25 heavy (non-hydrogen) atoms. The van der Waals surface area contributed by atoms with Crippen molar-refractivity contribution < 1.29 is 9.15 Å². The molecule has 0 atom stereocenters. The SMILES string of the molecule is Brc1ccc2ncc3nc(-c4ccco4)n(C4CCOCC4)c3c2c1. The van der Waals surface area contributed by atoms with Crippen LogP contribution in [0.15, 0.2) is 51.7 Å². The fraction of sp³-hybridized carbons (Fsp3) is 0.263. The average molecular weight is 398 g/mol. The summed E-state index contributed by atoms with van der Waals surface area (Å²) in [6.07, 6.45) is 5.48. The summed E-state index contributed by atoms with van der Waals surface area (Å²) in [6.45, 7) is 1.54. The highest BCUT2D eigenvalue weighted by Gasteiger charge is 2.25. The Kier molecular flexibility index (Phi) is 3.60. The minimum Gasteiger partial charge on any atom is -0.461 e. The van der Waals surface area contributed by atoms with Gasteiger partial charge >= 0.3 is 0 Å². The monoisotopic (exact) mass is 397 g/mol. The van der Waals surface area contributed by atoms with E-state index in [0.29, 0.717) is 6.04 Å². The Balaban J connectivity index is 1.87. The van der Waals surface area contributed by atoms with Crippen LogP contribution in [0, 0.1) is 0 Å². The second-order valence-electron chi connectivity index (χ2n) is 6.28. The molecule has 4 heterocycles. The van der Waals surface area contributed by atoms with E-state index >= 15 is 0 Å². The molecule has 0 radical (unpaired) electrons. The van der Waals surface area contributed by atoms with E-state index in [-0.39, 0.29) is 0 Å². The van der Waals surface area contributed by atoms with E-state index in [2.05, 4.69) is 31.5 Å². The number of halogens is 1. The second-order valence-corrected chi connectivity index (χ2v) is 7.20. The first kappa shape index (κ1) is 15.1. The third-order valence-electron chi connectivity index (χ3n) is 4.78. The molecule has 0 bridgehead atoms. The molecule has 0 aliphatic carbocycles. The topological polar surface area (TPSA) is 53.1 Å². The highest BCUT2D eigenvalue weighted by Crippen LogP contribution is 2.36. The standard InChI is InChI=1S/C19H16BrN3O2/c20-12-3-4-15-14(10-12)18-16(11-21-15)22-19(17-2-1-7-25-17)23(18)13-5-8-24-9-6-13/h1-4,7,10-11,13H,5-6,8-9H2. The number of hydrogen-bond donors (Lipinski definition) is 0. The highest BCUT2D eigenvalue weighted by molar-refractivity contribution is 9.10. The van der Waals surface area contributed by atoms with Gasteiger partial charge in [0, 0.05) is 29.1 Å². The van der Waals surface area contributed by atoms with Gasteiger partial charge in [-0.25, -0.2) is 4.98 Å². The van der Waals surface area contributed by atoms with Crippen molar-refractivity contribution in [2.45, 2.75) is 18.9 Å². The molecule has 5 nitrogen and oxygen atoms in total. The summed E-state index contributed by atoms with van der Waals surface area (Å²) >= 11 is 3.59. The molecule has 126 valence electrons. The first-order valence-electron chi connectivity index (χ1n) is 8.39. The van der Waals surface area contributed by atoms with Crippen LogP contribution in [0.1, 0.15) is 18.9 Å². The molecule has 1 aliphatic rings. The van der Waals surface area contributed by atoms with Crippen LogP contribution in [0.2, 0.25) is 0 Å². The van der Waals surface area contributed by atoms with Gasteiger partial charge in [-0.1, -0.05) is 15.9 Å². The van der Waals surface area contributed by atoms with Crippen LogP contribution in [-0.4, -0.2) is 27.7 Å². The summed E-state index contributed by atoms with van der Waals surface area (Å²) in [4.78, 5) is 9.44. The molecular formula is C19H16BrN3O2. The van der Waals surface area contributed by atoms with Gasteiger partial charge < -0.3 is 13.7 Å². The zero-order valence-corrected chi connectivity index (χ0v) is 15.1. The lowest BCUT2D eigenvalue weighted by molar-refractivity contribution is 0.0709. The van der Waals surface area contributed by atoms with Crippen molar-refractivity contribution in [1.29, 1.82) is 0 Å². The van der Waals surface area contributed by atoms with Crippen molar-refractivity contribution in [2.24, 2.45) is 0 Å². The lowest BCUT2D eigenvalue weighted by Gasteiger charge is -2.25. The molecule has 0 spiro atoms. The minimum atomic E-state index is 0.337. The maximum atomic E-state index is 5.67. The Morgan fingerprint density at radius 2 is 2.00 bits per heavy atom. The maximum absolute atomic E-state index is 5.67. The Morgan fingerprint density at radius 3 is 2.80 bits per heavy atom. The van der Waals surface area contributed by atoms with Crippen molar-refractivity contribution in [3.05, 3.63) is 47.3 Å². The number of benzene rings is 1. The highest BCUT2D eigenvalue weighted by atomic mass is 79.9. The molecule has 0 saturated carbocycles. The summed E-state index contributed by atoms with van der Waals surface area (Å²) in [5.41, 5.74) is 2.97. The van der Waals surface area contributed by atoms with Crippen LogP contribution in [0.25, 0.3) is 33.5 Å². The van der Waals surface area contributed by atoms with Gasteiger partial charge in [0.25, 0.3) is 0 Å². The van der Waals surface area contributed by atoms with E-state index in [9.17, 15) is 0 Å². The van der Waals surface area contributed by atoms with Gasteiger partial charge in [-0.2, -0.15) is 0 Å². The molecule has 6 heteroatoms. The van der Waals surface area contributed by atoms with Crippen molar-refractivity contribution in [3.8, 4) is 11.6 Å². The van der Waals surface area contributed by atoms with Gasteiger partial charge in [-0.15, -0.1) is 0 Å². The van der Waals surface area contributed by atoms with Gasteiger partial charge in [0.15, 0.2) is 11.6 Å². The molecular weight excluding hydrogens is 382 g/mol. The average Bonchev–Trinajstić information content (AvgIpc) is 3.29. The number of ether oxygens (including phenoxy) is 1. The van der Waals surface area contributed by atoms with Crippen molar-refractivity contribution in [2.75, 3.05) is 13.2 Å². The van der Waals surface area contributed by atoms with Crippen molar-refractivity contribution in [3.63, 3.8) is 0 Å². The normalized spacial score (nSPS) is 16.0. The van der Waals surface area contributed by atoms with E-state index in [1.54, 1.807) is 6.26 Å².